The number of benzene rings is 2. The van der Waals surface area contributed by atoms with Crippen LogP contribution in [0.4, 0.5) is 0 Å². The van der Waals surface area contributed by atoms with E-state index in [4.69, 9.17) is 9.47 Å². The highest BCUT2D eigenvalue weighted by Gasteiger charge is 2.22. The Bertz CT molecular complexity index is 753. The van der Waals surface area contributed by atoms with Gasteiger partial charge in [0, 0.05) is 0 Å². The van der Waals surface area contributed by atoms with Crippen LogP contribution in [0.3, 0.4) is 0 Å². The fraction of sp³-hybridized carbons (Fsp3) is 0.435. The second-order valence-electron chi connectivity index (χ2n) is 7.42. The van der Waals surface area contributed by atoms with E-state index >= 15 is 0 Å². The van der Waals surface area contributed by atoms with E-state index in [0.29, 0.717) is 5.92 Å². The van der Waals surface area contributed by atoms with Crippen LogP contribution in [0.1, 0.15) is 49.9 Å². The molecule has 4 heteroatoms. The van der Waals surface area contributed by atoms with Crippen molar-refractivity contribution in [2.24, 2.45) is 5.92 Å². The van der Waals surface area contributed by atoms with Crippen molar-refractivity contribution < 1.29 is 14.3 Å². The summed E-state index contributed by atoms with van der Waals surface area (Å²) in [5.41, 5.74) is 3.28. The Labute approximate surface area is 162 Å². The molecule has 0 radical (unpaired) electrons. The van der Waals surface area contributed by atoms with Crippen LogP contribution in [0.2, 0.25) is 0 Å². The molecule has 2 atom stereocenters. The topological polar surface area (TPSA) is 47.6 Å². The second-order valence-corrected chi connectivity index (χ2v) is 7.42. The van der Waals surface area contributed by atoms with Crippen molar-refractivity contribution in [3.05, 3.63) is 59.2 Å². The van der Waals surface area contributed by atoms with E-state index in [1.165, 1.54) is 0 Å². The summed E-state index contributed by atoms with van der Waals surface area (Å²) in [6, 6.07) is 13.7. The van der Waals surface area contributed by atoms with E-state index in [-0.39, 0.29) is 11.9 Å². The van der Waals surface area contributed by atoms with Gasteiger partial charge >= 0.3 is 0 Å². The number of methoxy groups -OCH3 is 1. The van der Waals surface area contributed by atoms with Crippen molar-refractivity contribution in [1.82, 2.24) is 5.32 Å². The Morgan fingerprint density at radius 2 is 1.70 bits per heavy atom. The fourth-order valence-electron chi connectivity index (χ4n) is 2.97. The molecule has 146 valence electrons. The van der Waals surface area contributed by atoms with Crippen LogP contribution in [0.5, 0.6) is 11.5 Å². The van der Waals surface area contributed by atoms with E-state index < -0.39 is 6.10 Å². The van der Waals surface area contributed by atoms with Crippen molar-refractivity contribution >= 4 is 5.91 Å². The zero-order valence-corrected chi connectivity index (χ0v) is 17.2. The molecule has 0 aliphatic carbocycles. The highest BCUT2D eigenvalue weighted by molar-refractivity contribution is 5.81. The summed E-state index contributed by atoms with van der Waals surface area (Å²) in [7, 11) is 1.65. The van der Waals surface area contributed by atoms with Gasteiger partial charge in [0.05, 0.1) is 13.2 Å². The molecule has 4 nitrogen and oxygen atoms in total. The lowest BCUT2D eigenvalue weighted by atomic mass is 9.96. The minimum absolute atomic E-state index is 0.0620. The fourth-order valence-corrected chi connectivity index (χ4v) is 2.97. The molecule has 0 heterocycles. The Morgan fingerprint density at radius 1 is 1.04 bits per heavy atom. The van der Waals surface area contributed by atoms with Crippen molar-refractivity contribution in [2.45, 2.75) is 53.2 Å². The molecule has 0 fully saturated rings. The maximum Gasteiger partial charge on any atom is 0.261 e. The number of rotatable bonds is 8. The molecule has 0 aliphatic rings. The molecule has 0 spiro atoms. The zero-order valence-electron chi connectivity index (χ0n) is 17.2. The summed E-state index contributed by atoms with van der Waals surface area (Å²) >= 11 is 0. The minimum atomic E-state index is -0.571. The quantitative estimate of drug-likeness (QED) is 0.714. The predicted molar refractivity (Wildman–Crippen MR) is 109 cm³/mol. The maximum atomic E-state index is 12.8. The highest BCUT2D eigenvalue weighted by Crippen LogP contribution is 2.25. The van der Waals surface area contributed by atoms with E-state index in [2.05, 4.69) is 19.2 Å². The Hall–Kier alpha value is -2.49. The van der Waals surface area contributed by atoms with Gasteiger partial charge in [-0.05, 0) is 68.0 Å². The van der Waals surface area contributed by atoms with Crippen LogP contribution >= 0.6 is 0 Å². The first-order valence-corrected chi connectivity index (χ1v) is 9.49. The number of carbonyl (C=O) groups excluding carboxylic acids is 1. The molecule has 2 aromatic rings. The van der Waals surface area contributed by atoms with Gasteiger partial charge < -0.3 is 14.8 Å². The van der Waals surface area contributed by atoms with E-state index in [9.17, 15) is 4.79 Å². The molecular weight excluding hydrogens is 338 g/mol. The molecule has 1 N–H and O–H groups in total. The third-order valence-corrected chi connectivity index (χ3v) is 4.77. The van der Waals surface area contributed by atoms with Crippen LogP contribution in [0, 0.1) is 19.8 Å². The van der Waals surface area contributed by atoms with Crippen LogP contribution < -0.4 is 14.8 Å². The first kappa shape index (κ1) is 20.8. The standard InChI is InChI=1S/C23H31NO3/c1-15(2)14-21(19-10-12-20(26-6)13-11-19)24-23(25)18(5)27-22-9-7-8-16(3)17(22)4/h7-13,15,18,21H,14H2,1-6H3,(H,24,25)/t18-,21+/m1/s1. The molecule has 0 unspecified atom stereocenters. The molecule has 0 saturated carbocycles. The van der Waals surface area contributed by atoms with Crippen LogP contribution in [-0.2, 0) is 4.79 Å². The molecule has 1 amide bonds. The first-order valence-electron chi connectivity index (χ1n) is 9.49. The summed E-state index contributed by atoms with van der Waals surface area (Å²) in [5, 5.41) is 3.15. The largest absolute Gasteiger partial charge is 0.497 e. The highest BCUT2D eigenvalue weighted by atomic mass is 16.5. The summed E-state index contributed by atoms with van der Waals surface area (Å²) < 4.78 is 11.2. The van der Waals surface area contributed by atoms with Crippen LogP contribution in [0.25, 0.3) is 0 Å². The average molecular weight is 370 g/mol. The number of carbonyl (C=O) groups is 1. The van der Waals surface area contributed by atoms with E-state index in [1.54, 1.807) is 14.0 Å². The normalized spacial score (nSPS) is 13.1. The molecule has 0 aliphatic heterocycles. The molecule has 2 aromatic carbocycles. The molecule has 2 rings (SSSR count). The summed E-state index contributed by atoms with van der Waals surface area (Å²) in [6.45, 7) is 10.1. The van der Waals surface area contributed by atoms with Gasteiger partial charge in [0.15, 0.2) is 6.10 Å². The van der Waals surface area contributed by atoms with Gasteiger partial charge in [-0.1, -0.05) is 38.1 Å². The van der Waals surface area contributed by atoms with Gasteiger partial charge in [-0.15, -0.1) is 0 Å². The van der Waals surface area contributed by atoms with E-state index in [0.717, 1.165) is 34.6 Å². The number of nitrogens with one attached hydrogen (secondary N) is 1. The van der Waals surface area contributed by atoms with Gasteiger partial charge in [-0.3, -0.25) is 4.79 Å². The van der Waals surface area contributed by atoms with Gasteiger partial charge in [-0.25, -0.2) is 0 Å². The van der Waals surface area contributed by atoms with Crippen molar-refractivity contribution in [1.29, 1.82) is 0 Å². The number of aryl methyl sites for hydroxylation is 1. The minimum Gasteiger partial charge on any atom is -0.497 e. The maximum absolute atomic E-state index is 12.8. The van der Waals surface area contributed by atoms with Crippen molar-refractivity contribution in [3.63, 3.8) is 0 Å². The van der Waals surface area contributed by atoms with Gasteiger partial charge in [0.1, 0.15) is 11.5 Å². The second kappa shape index (κ2) is 9.45. The molecular formula is C23H31NO3. The Morgan fingerprint density at radius 3 is 2.30 bits per heavy atom. The van der Waals surface area contributed by atoms with Gasteiger partial charge in [0.25, 0.3) is 5.91 Å². The Balaban J connectivity index is 2.10. The number of amides is 1. The van der Waals surface area contributed by atoms with Gasteiger partial charge in [-0.2, -0.15) is 0 Å². The lowest BCUT2D eigenvalue weighted by molar-refractivity contribution is -0.128. The molecule has 0 aromatic heterocycles. The zero-order chi connectivity index (χ0) is 20.0. The molecule has 0 bridgehead atoms. The number of ether oxygens (including phenoxy) is 2. The number of hydrogen-bond donors (Lipinski definition) is 1. The average Bonchev–Trinajstić information content (AvgIpc) is 2.64. The molecule has 0 saturated heterocycles. The van der Waals surface area contributed by atoms with Crippen molar-refractivity contribution in [3.8, 4) is 11.5 Å². The van der Waals surface area contributed by atoms with Gasteiger partial charge in [0.2, 0.25) is 0 Å². The predicted octanol–water partition coefficient (Wildman–Crippen LogP) is 4.98. The van der Waals surface area contributed by atoms with Crippen LogP contribution in [0.15, 0.2) is 42.5 Å². The third kappa shape index (κ3) is 5.75. The summed E-state index contributed by atoms with van der Waals surface area (Å²) in [6.07, 6.45) is 0.285. The first-order chi connectivity index (χ1) is 12.8. The Kier molecular flexibility index (Phi) is 7.28. The summed E-state index contributed by atoms with van der Waals surface area (Å²) in [5.74, 6) is 1.90. The number of hydrogen-bond acceptors (Lipinski definition) is 3. The van der Waals surface area contributed by atoms with E-state index in [1.807, 2.05) is 56.3 Å². The summed E-state index contributed by atoms with van der Waals surface area (Å²) in [4.78, 5) is 12.8. The lowest BCUT2D eigenvalue weighted by Gasteiger charge is -2.24. The smallest absolute Gasteiger partial charge is 0.261 e. The third-order valence-electron chi connectivity index (χ3n) is 4.77. The SMILES string of the molecule is COc1ccc([C@H](CC(C)C)NC(=O)[C@@H](C)Oc2cccc(C)c2C)cc1. The molecule has 27 heavy (non-hydrogen) atoms. The lowest BCUT2D eigenvalue weighted by Crippen LogP contribution is -2.39. The van der Waals surface area contributed by atoms with Crippen LogP contribution in [-0.4, -0.2) is 19.1 Å². The van der Waals surface area contributed by atoms with Crippen molar-refractivity contribution in [2.75, 3.05) is 7.11 Å². The monoisotopic (exact) mass is 369 g/mol.